The first-order chi connectivity index (χ1) is 7.15. The van der Waals surface area contributed by atoms with Crippen LogP contribution >= 0.6 is 23.4 Å². The number of hydrogen-bond donors (Lipinski definition) is 2. The van der Waals surface area contributed by atoms with Crippen molar-refractivity contribution in [3.05, 3.63) is 23.0 Å². The van der Waals surface area contributed by atoms with Crippen molar-refractivity contribution in [2.45, 2.75) is 6.42 Å². The Balaban J connectivity index is 2.57. The molecule has 0 saturated heterocycles. The Morgan fingerprint density at radius 2 is 2.27 bits per heavy atom. The Morgan fingerprint density at radius 3 is 2.93 bits per heavy atom. The van der Waals surface area contributed by atoms with Gasteiger partial charge in [-0.05, 0) is 24.5 Å². The highest BCUT2D eigenvalue weighted by Crippen LogP contribution is 2.26. The van der Waals surface area contributed by atoms with Gasteiger partial charge in [-0.2, -0.15) is 11.8 Å². The Kier molecular flexibility index (Phi) is 5.05. The van der Waals surface area contributed by atoms with Crippen molar-refractivity contribution < 1.29 is 4.39 Å². The topological polar surface area (TPSA) is 38.0 Å². The number of halogens is 2. The summed E-state index contributed by atoms with van der Waals surface area (Å²) < 4.78 is 13.0. The second-order valence-corrected chi connectivity index (χ2v) is 4.52. The second kappa shape index (κ2) is 6.08. The lowest BCUT2D eigenvalue weighted by molar-refractivity contribution is 0.629. The van der Waals surface area contributed by atoms with Crippen LogP contribution in [-0.4, -0.2) is 18.6 Å². The number of rotatable bonds is 5. The molecule has 1 aromatic carbocycles. The third-order valence-electron chi connectivity index (χ3n) is 1.93. The molecule has 5 heteroatoms. The standard InChI is InChI=1S/C10H14ClFN2S/c1-15-4-2-3-14-10-5-7(11)8(12)6-9(10)13/h5-6,14H,2-4,13H2,1H3. The summed E-state index contributed by atoms with van der Waals surface area (Å²) in [5, 5.41) is 3.22. The molecule has 0 amide bonds. The zero-order valence-electron chi connectivity index (χ0n) is 8.52. The molecule has 2 nitrogen and oxygen atoms in total. The largest absolute Gasteiger partial charge is 0.397 e. The van der Waals surface area contributed by atoms with Gasteiger partial charge >= 0.3 is 0 Å². The summed E-state index contributed by atoms with van der Waals surface area (Å²) in [5.41, 5.74) is 6.73. The SMILES string of the molecule is CSCCCNc1cc(Cl)c(F)cc1N. The fourth-order valence-corrected chi connectivity index (χ4v) is 1.75. The molecule has 84 valence electrons. The van der Waals surface area contributed by atoms with Crippen molar-refractivity contribution in [1.29, 1.82) is 0 Å². The van der Waals surface area contributed by atoms with Crippen molar-refractivity contribution in [3.63, 3.8) is 0 Å². The summed E-state index contributed by atoms with van der Waals surface area (Å²) in [6, 6.07) is 2.75. The Bertz CT molecular complexity index is 333. The number of thioether (sulfide) groups is 1. The average molecular weight is 249 g/mol. The number of hydrogen-bond acceptors (Lipinski definition) is 3. The van der Waals surface area contributed by atoms with Crippen LogP contribution in [0.25, 0.3) is 0 Å². The molecule has 0 aliphatic carbocycles. The van der Waals surface area contributed by atoms with Crippen LogP contribution in [-0.2, 0) is 0 Å². The minimum Gasteiger partial charge on any atom is -0.397 e. The fraction of sp³-hybridized carbons (Fsp3) is 0.400. The van der Waals surface area contributed by atoms with E-state index in [1.807, 2.05) is 0 Å². The van der Waals surface area contributed by atoms with Crippen LogP contribution in [0.4, 0.5) is 15.8 Å². The second-order valence-electron chi connectivity index (χ2n) is 3.13. The van der Waals surface area contributed by atoms with Crippen LogP contribution in [0, 0.1) is 5.82 Å². The summed E-state index contributed by atoms with van der Waals surface area (Å²) in [7, 11) is 0. The van der Waals surface area contributed by atoms with Gasteiger partial charge in [-0.15, -0.1) is 0 Å². The van der Waals surface area contributed by atoms with Crippen molar-refractivity contribution >= 4 is 34.7 Å². The zero-order chi connectivity index (χ0) is 11.3. The van der Waals surface area contributed by atoms with E-state index in [2.05, 4.69) is 11.6 Å². The van der Waals surface area contributed by atoms with E-state index >= 15 is 0 Å². The molecular formula is C10H14ClFN2S. The molecule has 0 bridgehead atoms. The lowest BCUT2D eigenvalue weighted by Crippen LogP contribution is -2.05. The summed E-state index contributed by atoms with van der Waals surface area (Å²) >= 11 is 7.44. The maximum atomic E-state index is 13.0. The summed E-state index contributed by atoms with van der Waals surface area (Å²) in [6.45, 7) is 0.813. The highest BCUT2D eigenvalue weighted by molar-refractivity contribution is 7.98. The summed E-state index contributed by atoms with van der Waals surface area (Å²) in [4.78, 5) is 0. The first-order valence-electron chi connectivity index (χ1n) is 4.62. The molecule has 3 N–H and O–H groups in total. The molecule has 0 aliphatic heterocycles. The predicted molar refractivity (Wildman–Crippen MR) is 67.3 cm³/mol. The van der Waals surface area contributed by atoms with E-state index in [0.717, 1.165) is 18.7 Å². The van der Waals surface area contributed by atoms with Crippen LogP contribution in [0.2, 0.25) is 5.02 Å². The van der Waals surface area contributed by atoms with Gasteiger partial charge in [0.15, 0.2) is 0 Å². The molecule has 0 spiro atoms. The zero-order valence-corrected chi connectivity index (χ0v) is 10.1. The van der Waals surface area contributed by atoms with Gasteiger partial charge in [0.2, 0.25) is 0 Å². The van der Waals surface area contributed by atoms with E-state index in [9.17, 15) is 4.39 Å². The van der Waals surface area contributed by atoms with Crippen molar-refractivity contribution in [3.8, 4) is 0 Å². The lowest BCUT2D eigenvalue weighted by atomic mass is 10.2. The van der Waals surface area contributed by atoms with E-state index in [-0.39, 0.29) is 5.02 Å². The van der Waals surface area contributed by atoms with Crippen molar-refractivity contribution in [2.24, 2.45) is 0 Å². The van der Waals surface area contributed by atoms with Crippen LogP contribution in [0.15, 0.2) is 12.1 Å². The van der Waals surface area contributed by atoms with E-state index < -0.39 is 5.82 Å². The van der Waals surface area contributed by atoms with Gasteiger partial charge in [-0.3, -0.25) is 0 Å². The highest BCUT2D eigenvalue weighted by Gasteiger charge is 2.05. The van der Waals surface area contributed by atoms with Crippen LogP contribution in [0.5, 0.6) is 0 Å². The van der Waals surface area contributed by atoms with Gasteiger partial charge in [-0.25, -0.2) is 4.39 Å². The Hall–Kier alpha value is -0.610. The highest BCUT2D eigenvalue weighted by atomic mass is 35.5. The fourth-order valence-electron chi connectivity index (χ4n) is 1.15. The molecule has 1 rings (SSSR count). The molecule has 0 aliphatic rings. The van der Waals surface area contributed by atoms with Gasteiger partial charge in [0.25, 0.3) is 0 Å². The number of anilines is 2. The molecule has 0 atom stereocenters. The van der Waals surface area contributed by atoms with E-state index in [1.165, 1.54) is 12.1 Å². The molecular weight excluding hydrogens is 235 g/mol. The number of nitrogens with two attached hydrogens (primary N) is 1. The first kappa shape index (κ1) is 12.5. The first-order valence-corrected chi connectivity index (χ1v) is 6.39. The molecule has 0 unspecified atom stereocenters. The normalized spacial score (nSPS) is 10.3. The molecule has 0 fully saturated rings. The van der Waals surface area contributed by atoms with E-state index in [4.69, 9.17) is 17.3 Å². The van der Waals surface area contributed by atoms with E-state index in [1.54, 1.807) is 11.8 Å². The maximum Gasteiger partial charge on any atom is 0.143 e. The molecule has 1 aromatic rings. The molecule has 0 aromatic heterocycles. The smallest absolute Gasteiger partial charge is 0.143 e. The van der Waals surface area contributed by atoms with Crippen molar-refractivity contribution in [1.82, 2.24) is 0 Å². The van der Waals surface area contributed by atoms with Crippen LogP contribution < -0.4 is 11.1 Å². The number of nitrogen functional groups attached to an aromatic ring is 1. The van der Waals surface area contributed by atoms with E-state index in [0.29, 0.717) is 11.4 Å². The van der Waals surface area contributed by atoms with Gasteiger partial charge in [0, 0.05) is 12.6 Å². The lowest BCUT2D eigenvalue weighted by Gasteiger charge is -2.09. The van der Waals surface area contributed by atoms with Gasteiger partial charge in [-0.1, -0.05) is 11.6 Å². The third-order valence-corrected chi connectivity index (χ3v) is 2.92. The van der Waals surface area contributed by atoms with Gasteiger partial charge < -0.3 is 11.1 Å². The van der Waals surface area contributed by atoms with Crippen LogP contribution in [0.1, 0.15) is 6.42 Å². The Labute approximate surface area is 98.4 Å². The molecule has 0 radical (unpaired) electrons. The molecule has 0 saturated carbocycles. The maximum absolute atomic E-state index is 13.0. The number of benzene rings is 1. The van der Waals surface area contributed by atoms with Crippen LogP contribution in [0.3, 0.4) is 0 Å². The minimum absolute atomic E-state index is 0.0940. The van der Waals surface area contributed by atoms with Gasteiger partial charge in [0.05, 0.1) is 16.4 Å². The Morgan fingerprint density at radius 1 is 1.53 bits per heavy atom. The van der Waals surface area contributed by atoms with Gasteiger partial charge in [0.1, 0.15) is 5.82 Å². The number of nitrogens with one attached hydrogen (secondary N) is 1. The third kappa shape index (κ3) is 3.80. The summed E-state index contributed by atoms with van der Waals surface area (Å²) in [6.07, 6.45) is 3.10. The molecule has 0 heterocycles. The quantitative estimate of drug-likeness (QED) is 0.621. The minimum atomic E-state index is -0.483. The average Bonchev–Trinajstić information content (AvgIpc) is 2.20. The van der Waals surface area contributed by atoms with Crippen molar-refractivity contribution in [2.75, 3.05) is 29.6 Å². The monoisotopic (exact) mass is 248 g/mol. The predicted octanol–water partition coefficient (Wildman–Crippen LogP) is 3.23. The molecule has 15 heavy (non-hydrogen) atoms. The summed E-state index contributed by atoms with van der Waals surface area (Å²) in [5.74, 6) is 0.603.